The van der Waals surface area contributed by atoms with Crippen LogP contribution < -0.4 is 5.32 Å². The lowest BCUT2D eigenvalue weighted by Gasteiger charge is -2.10. The Balaban J connectivity index is 1.90. The standard InChI is InChI=1S/C14H16BrN3/c1-16-9-14(5-6-14)13-17-8-12(18-13)10-3-2-4-11(15)7-10/h2-4,7-8,16H,5-6,9H2,1H3,(H,17,18). The van der Waals surface area contributed by atoms with Gasteiger partial charge in [-0.05, 0) is 32.0 Å². The van der Waals surface area contributed by atoms with E-state index in [-0.39, 0.29) is 5.41 Å². The molecule has 1 aliphatic carbocycles. The van der Waals surface area contributed by atoms with Crippen molar-refractivity contribution in [3.8, 4) is 11.3 Å². The van der Waals surface area contributed by atoms with E-state index in [0.717, 1.165) is 22.5 Å². The van der Waals surface area contributed by atoms with Gasteiger partial charge in [0.05, 0.1) is 11.9 Å². The van der Waals surface area contributed by atoms with Crippen LogP contribution in [0.3, 0.4) is 0 Å². The minimum absolute atomic E-state index is 0.249. The van der Waals surface area contributed by atoms with Crippen molar-refractivity contribution in [2.75, 3.05) is 13.6 Å². The van der Waals surface area contributed by atoms with E-state index in [1.54, 1.807) is 0 Å². The minimum atomic E-state index is 0.249. The van der Waals surface area contributed by atoms with E-state index >= 15 is 0 Å². The SMILES string of the molecule is CNCC1(c2ncc(-c3cccc(Br)c3)[nH]2)CC1. The lowest BCUT2D eigenvalue weighted by molar-refractivity contribution is 0.594. The van der Waals surface area contributed by atoms with Crippen LogP contribution in [0.2, 0.25) is 0 Å². The van der Waals surface area contributed by atoms with E-state index in [1.807, 2.05) is 25.4 Å². The molecular formula is C14H16BrN3. The molecule has 1 aromatic carbocycles. The number of nitrogens with one attached hydrogen (secondary N) is 2. The Kier molecular flexibility index (Phi) is 2.99. The number of H-pyrrole nitrogens is 1. The maximum atomic E-state index is 4.56. The average molecular weight is 306 g/mol. The second-order valence-corrected chi connectivity index (χ2v) is 5.88. The van der Waals surface area contributed by atoms with Gasteiger partial charge in [-0.3, -0.25) is 0 Å². The molecule has 3 rings (SSSR count). The summed E-state index contributed by atoms with van der Waals surface area (Å²) in [5.41, 5.74) is 2.51. The first kappa shape index (κ1) is 11.9. The molecule has 18 heavy (non-hydrogen) atoms. The summed E-state index contributed by atoms with van der Waals surface area (Å²) < 4.78 is 1.09. The highest BCUT2D eigenvalue weighted by Gasteiger charge is 2.46. The van der Waals surface area contributed by atoms with Crippen LogP contribution in [-0.2, 0) is 5.41 Å². The van der Waals surface area contributed by atoms with Crippen LogP contribution in [0.4, 0.5) is 0 Å². The van der Waals surface area contributed by atoms with Gasteiger partial charge in [-0.2, -0.15) is 0 Å². The molecule has 0 saturated heterocycles. The highest BCUT2D eigenvalue weighted by Crippen LogP contribution is 2.46. The molecule has 0 atom stereocenters. The molecule has 1 fully saturated rings. The van der Waals surface area contributed by atoms with Gasteiger partial charge in [0.1, 0.15) is 5.82 Å². The predicted molar refractivity (Wildman–Crippen MR) is 76.6 cm³/mol. The Hall–Kier alpha value is -1.13. The van der Waals surface area contributed by atoms with Gasteiger partial charge in [0.15, 0.2) is 0 Å². The molecule has 0 aliphatic heterocycles. The van der Waals surface area contributed by atoms with Crippen molar-refractivity contribution in [1.82, 2.24) is 15.3 Å². The Morgan fingerprint density at radius 2 is 2.28 bits per heavy atom. The van der Waals surface area contributed by atoms with Gasteiger partial charge < -0.3 is 10.3 Å². The largest absolute Gasteiger partial charge is 0.342 e. The van der Waals surface area contributed by atoms with E-state index in [9.17, 15) is 0 Å². The predicted octanol–water partition coefficient (Wildman–Crippen LogP) is 3.09. The van der Waals surface area contributed by atoms with Crippen LogP contribution in [0.5, 0.6) is 0 Å². The van der Waals surface area contributed by atoms with Crippen LogP contribution in [0, 0.1) is 0 Å². The van der Waals surface area contributed by atoms with E-state index in [4.69, 9.17) is 0 Å². The summed E-state index contributed by atoms with van der Waals surface area (Å²) in [6.07, 6.45) is 4.38. The Bertz CT molecular complexity index is 558. The lowest BCUT2D eigenvalue weighted by Crippen LogP contribution is -2.24. The molecule has 2 aromatic rings. The van der Waals surface area contributed by atoms with Gasteiger partial charge in [-0.1, -0.05) is 28.1 Å². The molecule has 4 heteroatoms. The molecule has 2 N–H and O–H groups in total. The topological polar surface area (TPSA) is 40.7 Å². The number of aromatic nitrogens is 2. The molecule has 1 heterocycles. The molecule has 0 radical (unpaired) electrons. The number of likely N-dealkylation sites (N-methyl/N-ethyl adjacent to an activating group) is 1. The fourth-order valence-electron chi connectivity index (χ4n) is 2.38. The summed E-state index contributed by atoms with van der Waals surface area (Å²) in [4.78, 5) is 8.04. The maximum absolute atomic E-state index is 4.56. The fourth-order valence-corrected chi connectivity index (χ4v) is 2.78. The molecule has 94 valence electrons. The molecule has 1 saturated carbocycles. The van der Waals surface area contributed by atoms with Gasteiger partial charge in [0.2, 0.25) is 0 Å². The van der Waals surface area contributed by atoms with E-state index < -0.39 is 0 Å². The number of hydrogen-bond acceptors (Lipinski definition) is 2. The van der Waals surface area contributed by atoms with Crippen molar-refractivity contribution >= 4 is 15.9 Å². The number of benzene rings is 1. The third-order valence-corrected chi connectivity index (χ3v) is 4.08. The summed E-state index contributed by atoms with van der Waals surface area (Å²) in [7, 11) is 2.00. The number of imidazole rings is 1. The minimum Gasteiger partial charge on any atom is -0.342 e. The van der Waals surface area contributed by atoms with Crippen molar-refractivity contribution in [3.63, 3.8) is 0 Å². The second kappa shape index (κ2) is 4.52. The highest BCUT2D eigenvalue weighted by molar-refractivity contribution is 9.10. The molecular weight excluding hydrogens is 290 g/mol. The van der Waals surface area contributed by atoms with Crippen LogP contribution in [0.15, 0.2) is 34.9 Å². The van der Waals surface area contributed by atoms with Crippen LogP contribution in [-0.4, -0.2) is 23.6 Å². The van der Waals surface area contributed by atoms with E-state index in [0.29, 0.717) is 0 Å². The lowest BCUT2D eigenvalue weighted by atomic mass is 10.1. The van der Waals surface area contributed by atoms with Gasteiger partial charge in [-0.25, -0.2) is 4.98 Å². The van der Waals surface area contributed by atoms with Crippen LogP contribution in [0.25, 0.3) is 11.3 Å². The quantitative estimate of drug-likeness (QED) is 0.911. The number of aromatic amines is 1. The first-order chi connectivity index (χ1) is 8.73. The van der Waals surface area contributed by atoms with Gasteiger partial charge >= 0.3 is 0 Å². The zero-order chi connectivity index (χ0) is 12.6. The third-order valence-electron chi connectivity index (χ3n) is 3.58. The van der Waals surface area contributed by atoms with Crippen molar-refractivity contribution in [1.29, 1.82) is 0 Å². The Morgan fingerprint density at radius 1 is 1.44 bits per heavy atom. The summed E-state index contributed by atoms with van der Waals surface area (Å²) >= 11 is 3.50. The Morgan fingerprint density at radius 3 is 2.94 bits per heavy atom. The van der Waals surface area contributed by atoms with Gasteiger partial charge in [0.25, 0.3) is 0 Å². The van der Waals surface area contributed by atoms with E-state index in [2.05, 4.69) is 43.3 Å². The summed E-state index contributed by atoms with van der Waals surface area (Å²) in [6.45, 7) is 0.998. The first-order valence-electron chi connectivity index (χ1n) is 6.20. The molecule has 3 nitrogen and oxygen atoms in total. The number of halogens is 1. The van der Waals surface area contributed by atoms with Crippen molar-refractivity contribution in [3.05, 3.63) is 40.8 Å². The number of hydrogen-bond donors (Lipinski definition) is 2. The molecule has 1 aliphatic rings. The number of rotatable bonds is 4. The van der Waals surface area contributed by atoms with Gasteiger partial charge in [-0.15, -0.1) is 0 Å². The molecule has 0 bridgehead atoms. The molecule has 1 aromatic heterocycles. The monoisotopic (exact) mass is 305 g/mol. The fraction of sp³-hybridized carbons (Fsp3) is 0.357. The third kappa shape index (κ3) is 2.10. The van der Waals surface area contributed by atoms with Crippen molar-refractivity contribution in [2.45, 2.75) is 18.3 Å². The zero-order valence-corrected chi connectivity index (χ0v) is 11.9. The summed E-state index contributed by atoms with van der Waals surface area (Å²) in [5, 5.41) is 3.26. The molecule has 0 unspecified atom stereocenters. The first-order valence-corrected chi connectivity index (χ1v) is 6.99. The summed E-state index contributed by atoms with van der Waals surface area (Å²) in [5.74, 6) is 1.12. The van der Waals surface area contributed by atoms with Crippen molar-refractivity contribution in [2.24, 2.45) is 0 Å². The molecule has 0 spiro atoms. The normalized spacial score (nSPS) is 16.8. The smallest absolute Gasteiger partial charge is 0.114 e. The van der Waals surface area contributed by atoms with E-state index in [1.165, 1.54) is 18.4 Å². The van der Waals surface area contributed by atoms with Gasteiger partial charge in [0, 0.05) is 22.0 Å². The summed E-state index contributed by atoms with van der Waals surface area (Å²) in [6, 6.07) is 8.28. The van der Waals surface area contributed by atoms with Crippen LogP contribution >= 0.6 is 15.9 Å². The Labute approximate surface area is 115 Å². The average Bonchev–Trinajstić information content (AvgIpc) is 2.97. The van der Waals surface area contributed by atoms with Crippen LogP contribution in [0.1, 0.15) is 18.7 Å². The zero-order valence-electron chi connectivity index (χ0n) is 10.3. The second-order valence-electron chi connectivity index (χ2n) is 4.97. The highest BCUT2D eigenvalue weighted by atomic mass is 79.9. The number of nitrogens with zero attached hydrogens (tertiary/aromatic N) is 1. The maximum Gasteiger partial charge on any atom is 0.114 e. The molecule has 0 amide bonds. The van der Waals surface area contributed by atoms with Crippen molar-refractivity contribution < 1.29 is 0 Å².